The van der Waals surface area contributed by atoms with E-state index in [4.69, 9.17) is 4.98 Å². The van der Waals surface area contributed by atoms with E-state index in [1.807, 2.05) is 12.4 Å². The number of nitrogens with one attached hydrogen (secondary N) is 1. The summed E-state index contributed by atoms with van der Waals surface area (Å²) in [6, 6.07) is 13.6. The second-order valence-corrected chi connectivity index (χ2v) is 6.85. The van der Waals surface area contributed by atoms with Crippen LogP contribution in [0.5, 0.6) is 0 Å². The Morgan fingerprint density at radius 3 is 2.83 bits per heavy atom. The van der Waals surface area contributed by atoms with Gasteiger partial charge in [0.15, 0.2) is 0 Å². The maximum absolute atomic E-state index is 4.71. The van der Waals surface area contributed by atoms with Crippen molar-refractivity contribution in [2.45, 2.75) is 6.04 Å². The smallest absolute Gasteiger partial charge is 0.0703 e. The van der Waals surface area contributed by atoms with Crippen LogP contribution in [0.2, 0.25) is 0 Å². The Balaban J connectivity index is 1.41. The van der Waals surface area contributed by atoms with Gasteiger partial charge in [0.1, 0.15) is 0 Å². The molecular formula is C19H20N4. The average molecular weight is 304 g/mol. The molecule has 0 amide bonds. The number of pyridine rings is 1. The Morgan fingerprint density at radius 2 is 2.04 bits per heavy atom. The number of rotatable bonds is 2. The number of anilines is 1. The molecule has 2 aromatic heterocycles. The first kappa shape index (κ1) is 13.1. The highest BCUT2D eigenvalue weighted by Crippen LogP contribution is 2.34. The van der Waals surface area contributed by atoms with Gasteiger partial charge in [-0.3, -0.25) is 4.98 Å². The van der Waals surface area contributed by atoms with Gasteiger partial charge in [-0.25, -0.2) is 0 Å². The highest BCUT2D eigenvalue weighted by Gasteiger charge is 2.43. The van der Waals surface area contributed by atoms with E-state index in [2.05, 4.69) is 58.2 Å². The van der Waals surface area contributed by atoms with E-state index in [0.717, 1.165) is 24.2 Å². The minimum atomic E-state index is 0.741. The Hall–Kier alpha value is -2.33. The molecule has 2 aliphatic heterocycles. The summed E-state index contributed by atoms with van der Waals surface area (Å²) in [4.78, 5) is 12.9. The van der Waals surface area contributed by atoms with Gasteiger partial charge in [-0.2, -0.15) is 0 Å². The molecule has 0 spiro atoms. The molecule has 1 N–H and O–H groups in total. The lowest BCUT2D eigenvalue weighted by molar-refractivity contribution is 0.0827. The largest absolute Gasteiger partial charge is 0.368 e. The first-order valence-electron chi connectivity index (χ1n) is 8.27. The molecule has 0 bridgehead atoms. The third-order valence-corrected chi connectivity index (χ3v) is 5.46. The van der Waals surface area contributed by atoms with Crippen molar-refractivity contribution < 1.29 is 0 Å². The second kappa shape index (κ2) is 4.83. The highest BCUT2D eigenvalue weighted by molar-refractivity contribution is 5.84. The molecule has 5 rings (SSSR count). The lowest BCUT2D eigenvalue weighted by Gasteiger charge is -2.40. The molecule has 3 aromatic rings. The molecule has 0 radical (unpaired) electrons. The number of nitrogens with zero attached hydrogens (tertiary/aromatic N) is 3. The summed E-state index contributed by atoms with van der Waals surface area (Å²) in [6.45, 7) is 3.55. The van der Waals surface area contributed by atoms with Crippen LogP contribution in [0.25, 0.3) is 22.2 Å². The zero-order chi connectivity index (χ0) is 15.4. The number of hydrogen-bond acceptors (Lipinski definition) is 3. The lowest BCUT2D eigenvalue weighted by Crippen LogP contribution is -2.52. The van der Waals surface area contributed by atoms with E-state index in [9.17, 15) is 0 Å². The topological polar surface area (TPSA) is 35.2 Å². The molecule has 4 heterocycles. The van der Waals surface area contributed by atoms with Crippen molar-refractivity contribution in [2.75, 3.05) is 31.6 Å². The number of H-pyrrole nitrogens is 1. The molecule has 0 saturated carbocycles. The zero-order valence-corrected chi connectivity index (χ0v) is 13.2. The monoisotopic (exact) mass is 304 g/mol. The van der Waals surface area contributed by atoms with E-state index in [-0.39, 0.29) is 0 Å². The van der Waals surface area contributed by atoms with Gasteiger partial charge in [0.25, 0.3) is 0 Å². The first-order valence-corrected chi connectivity index (χ1v) is 8.27. The van der Waals surface area contributed by atoms with Crippen LogP contribution in [0.4, 0.5) is 5.69 Å². The molecule has 4 nitrogen and oxygen atoms in total. The van der Waals surface area contributed by atoms with E-state index < -0.39 is 0 Å². The summed E-state index contributed by atoms with van der Waals surface area (Å²) in [6.07, 6.45) is 4.01. The molecule has 1 aromatic carbocycles. The van der Waals surface area contributed by atoms with E-state index in [1.165, 1.54) is 35.2 Å². The van der Waals surface area contributed by atoms with Crippen LogP contribution < -0.4 is 4.90 Å². The second-order valence-electron chi connectivity index (χ2n) is 6.85. The van der Waals surface area contributed by atoms with Crippen LogP contribution in [0.1, 0.15) is 0 Å². The Labute approximate surface area is 135 Å². The average Bonchev–Trinajstić information content (AvgIpc) is 3.18. The van der Waals surface area contributed by atoms with Gasteiger partial charge in [-0.05, 0) is 37.4 Å². The minimum absolute atomic E-state index is 0.741. The number of likely N-dealkylation sites (tertiary alicyclic amines) is 1. The van der Waals surface area contributed by atoms with Gasteiger partial charge in [0.2, 0.25) is 0 Å². The fourth-order valence-electron chi connectivity index (χ4n) is 4.07. The van der Waals surface area contributed by atoms with Crippen LogP contribution in [-0.2, 0) is 0 Å². The van der Waals surface area contributed by atoms with Crippen LogP contribution in [0.15, 0.2) is 48.8 Å². The molecule has 2 saturated heterocycles. The van der Waals surface area contributed by atoms with Crippen molar-refractivity contribution in [3.63, 3.8) is 0 Å². The van der Waals surface area contributed by atoms with E-state index >= 15 is 0 Å². The normalized spacial score (nSPS) is 24.0. The van der Waals surface area contributed by atoms with Gasteiger partial charge >= 0.3 is 0 Å². The number of aromatic nitrogens is 2. The van der Waals surface area contributed by atoms with Gasteiger partial charge in [0, 0.05) is 54.3 Å². The molecule has 2 fully saturated rings. The fourth-order valence-corrected chi connectivity index (χ4v) is 4.07. The molecule has 23 heavy (non-hydrogen) atoms. The number of likely N-dealkylation sites (N-methyl/N-ethyl adjacent to an activating group) is 1. The number of hydrogen-bond donors (Lipinski definition) is 1. The van der Waals surface area contributed by atoms with Gasteiger partial charge < -0.3 is 14.8 Å². The zero-order valence-electron chi connectivity index (χ0n) is 13.2. The Bertz CT molecular complexity index is 851. The van der Waals surface area contributed by atoms with Crippen LogP contribution in [-0.4, -0.2) is 47.6 Å². The molecule has 2 aliphatic rings. The standard InChI is InChI=1S/C19H20N4/c1-22-10-15-11-23(12-19(15)22)16-3-5-18(21-9-16)13-2-4-17-14(8-13)6-7-20-17/h2-9,15,19-20H,10-12H2,1H3/t15-,19?/m1/s1. The van der Waals surface area contributed by atoms with E-state index in [1.54, 1.807) is 0 Å². The first-order chi connectivity index (χ1) is 11.3. The fraction of sp³-hybridized carbons (Fsp3) is 0.316. The van der Waals surface area contributed by atoms with Crippen LogP contribution in [0.3, 0.4) is 0 Å². The van der Waals surface area contributed by atoms with Crippen molar-refractivity contribution >= 4 is 16.6 Å². The maximum atomic E-state index is 4.71. The molecule has 1 unspecified atom stereocenters. The molecular weight excluding hydrogens is 284 g/mol. The SMILES string of the molecule is CN1C[C@@H]2CN(c3ccc(-c4ccc5[nH]ccc5c4)nc3)CC21. The Kier molecular flexibility index (Phi) is 2.76. The lowest BCUT2D eigenvalue weighted by atomic mass is 9.93. The molecule has 4 heteroatoms. The van der Waals surface area contributed by atoms with Crippen molar-refractivity contribution in [3.8, 4) is 11.3 Å². The summed E-state index contributed by atoms with van der Waals surface area (Å²) < 4.78 is 0. The van der Waals surface area contributed by atoms with Crippen LogP contribution in [0, 0.1) is 5.92 Å². The molecule has 2 atom stereocenters. The Morgan fingerprint density at radius 1 is 1.09 bits per heavy atom. The molecule has 0 aliphatic carbocycles. The van der Waals surface area contributed by atoms with Crippen LogP contribution >= 0.6 is 0 Å². The van der Waals surface area contributed by atoms with Gasteiger partial charge in [-0.1, -0.05) is 6.07 Å². The van der Waals surface area contributed by atoms with Gasteiger partial charge in [-0.15, -0.1) is 0 Å². The predicted molar refractivity (Wildman–Crippen MR) is 93.7 cm³/mol. The van der Waals surface area contributed by atoms with Crippen molar-refractivity contribution in [2.24, 2.45) is 5.92 Å². The summed E-state index contributed by atoms with van der Waals surface area (Å²) in [7, 11) is 2.23. The van der Waals surface area contributed by atoms with E-state index in [0.29, 0.717) is 0 Å². The highest BCUT2D eigenvalue weighted by atomic mass is 15.3. The minimum Gasteiger partial charge on any atom is -0.368 e. The number of aromatic amines is 1. The van der Waals surface area contributed by atoms with Gasteiger partial charge in [0.05, 0.1) is 17.6 Å². The maximum Gasteiger partial charge on any atom is 0.0703 e. The summed E-state index contributed by atoms with van der Waals surface area (Å²) in [5.41, 5.74) is 4.63. The third kappa shape index (κ3) is 2.05. The summed E-state index contributed by atoms with van der Waals surface area (Å²) >= 11 is 0. The number of benzene rings is 1. The number of fused-ring (bicyclic) bond motifs is 2. The molecule has 116 valence electrons. The summed E-state index contributed by atoms with van der Waals surface area (Å²) in [5.74, 6) is 0.843. The van der Waals surface area contributed by atoms with Crippen molar-refractivity contribution in [1.29, 1.82) is 0 Å². The summed E-state index contributed by atoms with van der Waals surface area (Å²) in [5, 5.41) is 1.23. The van der Waals surface area contributed by atoms with Crippen molar-refractivity contribution in [3.05, 3.63) is 48.8 Å². The van der Waals surface area contributed by atoms with Crippen molar-refractivity contribution in [1.82, 2.24) is 14.9 Å². The third-order valence-electron chi connectivity index (χ3n) is 5.46. The predicted octanol–water partition coefficient (Wildman–Crippen LogP) is 2.98. The quantitative estimate of drug-likeness (QED) is 0.790.